The van der Waals surface area contributed by atoms with E-state index < -0.39 is 0 Å². The fourth-order valence-corrected chi connectivity index (χ4v) is 0.830. The average molecular weight is 129 g/mol. The Balaban J connectivity index is 1.92. The highest BCUT2D eigenvalue weighted by atomic mass is 16.5. The molecule has 2 nitrogen and oxygen atoms in total. The van der Waals surface area contributed by atoms with Gasteiger partial charge >= 0.3 is 0 Å². The molecule has 1 fully saturated rings. The lowest BCUT2D eigenvalue weighted by Gasteiger charge is -2.06. The number of ether oxygens (including phenoxy) is 1. The monoisotopic (exact) mass is 129 g/mol. The van der Waals surface area contributed by atoms with Gasteiger partial charge in [-0.3, -0.25) is 0 Å². The van der Waals surface area contributed by atoms with Gasteiger partial charge in [0, 0.05) is 18.8 Å². The van der Waals surface area contributed by atoms with E-state index in [0.29, 0.717) is 0 Å². The van der Waals surface area contributed by atoms with Gasteiger partial charge in [-0.05, 0) is 26.2 Å². The van der Waals surface area contributed by atoms with Crippen molar-refractivity contribution in [1.82, 2.24) is 0 Å². The van der Waals surface area contributed by atoms with Crippen LogP contribution in [0.2, 0.25) is 0 Å². The molecule has 0 unspecified atom stereocenters. The summed E-state index contributed by atoms with van der Waals surface area (Å²) in [5.74, 6) is 0. The number of hydrogen-bond acceptors (Lipinski definition) is 2. The number of hydrogen-bond donors (Lipinski definition) is 1. The molecule has 0 radical (unpaired) electrons. The van der Waals surface area contributed by atoms with Crippen molar-refractivity contribution in [1.29, 1.82) is 0 Å². The Morgan fingerprint density at radius 3 is 2.67 bits per heavy atom. The van der Waals surface area contributed by atoms with Crippen molar-refractivity contribution >= 4 is 0 Å². The minimum absolute atomic E-state index is 0.176. The summed E-state index contributed by atoms with van der Waals surface area (Å²) in [6, 6.07) is 0. The summed E-state index contributed by atoms with van der Waals surface area (Å²) in [5.41, 5.74) is 5.98. The lowest BCUT2D eigenvalue weighted by Crippen LogP contribution is -2.23. The highest BCUT2D eigenvalue weighted by molar-refractivity contribution is 4.98. The maximum absolute atomic E-state index is 5.81. The summed E-state index contributed by atoms with van der Waals surface area (Å²) in [5, 5.41) is 0. The highest BCUT2D eigenvalue weighted by Gasteiger charge is 2.37. The zero-order valence-electron chi connectivity index (χ0n) is 6.02. The van der Waals surface area contributed by atoms with Crippen LogP contribution in [0.1, 0.15) is 26.2 Å². The van der Waals surface area contributed by atoms with Crippen LogP contribution in [0, 0.1) is 0 Å². The van der Waals surface area contributed by atoms with Gasteiger partial charge < -0.3 is 10.5 Å². The fraction of sp³-hybridized carbons (Fsp3) is 1.00. The first-order valence-corrected chi connectivity index (χ1v) is 3.63. The zero-order chi connectivity index (χ0) is 6.74. The van der Waals surface area contributed by atoms with Crippen molar-refractivity contribution in [2.75, 3.05) is 13.2 Å². The van der Waals surface area contributed by atoms with Crippen LogP contribution in [0.5, 0.6) is 0 Å². The van der Waals surface area contributed by atoms with Crippen LogP contribution in [0.3, 0.4) is 0 Å². The first-order valence-electron chi connectivity index (χ1n) is 3.63. The summed E-state index contributed by atoms with van der Waals surface area (Å²) < 4.78 is 5.17. The second-order valence-corrected chi connectivity index (χ2v) is 2.81. The van der Waals surface area contributed by atoms with E-state index in [-0.39, 0.29) is 5.54 Å². The van der Waals surface area contributed by atoms with Crippen molar-refractivity contribution in [2.45, 2.75) is 31.7 Å². The normalized spacial score (nSPS) is 22.0. The minimum Gasteiger partial charge on any atom is -0.382 e. The van der Waals surface area contributed by atoms with Crippen LogP contribution >= 0.6 is 0 Å². The second-order valence-electron chi connectivity index (χ2n) is 2.81. The van der Waals surface area contributed by atoms with E-state index in [1.807, 2.05) is 6.92 Å². The molecule has 0 aromatic rings. The Morgan fingerprint density at radius 2 is 2.22 bits per heavy atom. The van der Waals surface area contributed by atoms with Gasteiger partial charge in [-0.15, -0.1) is 0 Å². The van der Waals surface area contributed by atoms with Crippen molar-refractivity contribution < 1.29 is 4.74 Å². The summed E-state index contributed by atoms with van der Waals surface area (Å²) in [6.07, 6.45) is 3.43. The van der Waals surface area contributed by atoms with Crippen LogP contribution in [0.15, 0.2) is 0 Å². The molecule has 0 aromatic carbocycles. The molecule has 1 aliphatic carbocycles. The van der Waals surface area contributed by atoms with Crippen molar-refractivity contribution in [3.63, 3.8) is 0 Å². The average Bonchev–Trinajstić information content (AvgIpc) is 2.50. The van der Waals surface area contributed by atoms with Gasteiger partial charge in [-0.1, -0.05) is 0 Å². The van der Waals surface area contributed by atoms with E-state index in [0.717, 1.165) is 19.6 Å². The third kappa shape index (κ3) is 2.33. The van der Waals surface area contributed by atoms with Gasteiger partial charge in [-0.25, -0.2) is 0 Å². The third-order valence-electron chi connectivity index (χ3n) is 1.84. The van der Waals surface area contributed by atoms with Gasteiger partial charge in [0.1, 0.15) is 0 Å². The van der Waals surface area contributed by atoms with Gasteiger partial charge in [0.05, 0.1) is 0 Å². The van der Waals surface area contributed by atoms with E-state index in [9.17, 15) is 0 Å². The van der Waals surface area contributed by atoms with Crippen LogP contribution in [0.4, 0.5) is 0 Å². The number of nitrogens with two attached hydrogens (primary N) is 1. The summed E-state index contributed by atoms with van der Waals surface area (Å²) in [4.78, 5) is 0. The molecule has 0 aromatic heterocycles. The van der Waals surface area contributed by atoms with Crippen LogP contribution in [0.25, 0.3) is 0 Å². The van der Waals surface area contributed by atoms with Crippen molar-refractivity contribution in [3.8, 4) is 0 Å². The lowest BCUT2D eigenvalue weighted by atomic mass is 10.2. The SMILES string of the molecule is CCOCCC1(N)CC1. The fourth-order valence-electron chi connectivity index (χ4n) is 0.830. The molecule has 0 saturated heterocycles. The van der Waals surface area contributed by atoms with Crippen molar-refractivity contribution in [2.24, 2.45) is 5.73 Å². The molecule has 0 bridgehead atoms. The lowest BCUT2D eigenvalue weighted by molar-refractivity contribution is 0.138. The first-order chi connectivity index (χ1) is 4.27. The van der Waals surface area contributed by atoms with Gasteiger partial charge in [-0.2, -0.15) is 0 Å². The molecule has 2 heteroatoms. The zero-order valence-corrected chi connectivity index (χ0v) is 6.02. The molecule has 0 spiro atoms. The molecule has 54 valence electrons. The number of rotatable bonds is 4. The topological polar surface area (TPSA) is 35.2 Å². The highest BCUT2D eigenvalue weighted by Crippen LogP contribution is 2.35. The smallest absolute Gasteiger partial charge is 0.0483 e. The van der Waals surface area contributed by atoms with Crippen LogP contribution < -0.4 is 5.73 Å². The molecular weight excluding hydrogens is 114 g/mol. The molecule has 1 rings (SSSR count). The van der Waals surface area contributed by atoms with E-state index in [1.54, 1.807) is 0 Å². The van der Waals surface area contributed by atoms with Gasteiger partial charge in [0.25, 0.3) is 0 Å². The Labute approximate surface area is 56.4 Å². The summed E-state index contributed by atoms with van der Waals surface area (Å²) >= 11 is 0. The minimum atomic E-state index is 0.176. The van der Waals surface area contributed by atoms with Crippen molar-refractivity contribution in [3.05, 3.63) is 0 Å². The van der Waals surface area contributed by atoms with E-state index in [4.69, 9.17) is 10.5 Å². The molecule has 0 amide bonds. The molecule has 1 aliphatic rings. The predicted molar refractivity (Wildman–Crippen MR) is 37.3 cm³/mol. The standard InChI is InChI=1S/C7H15NO/c1-2-9-6-5-7(8)3-4-7/h2-6,8H2,1H3. The maximum Gasteiger partial charge on any atom is 0.0483 e. The van der Waals surface area contributed by atoms with E-state index in [2.05, 4.69) is 0 Å². The Kier molecular flexibility index (Phi) is 2.09. The molecule has 0 atom stereocenters. The predicted octanol–water partition coefficient (Wildman–Crippen LogP) is 0.904. The van der Waals surface area contributed by atoms with Gasteiger partial charge in [0.15, 0.2) is 0 Å². The third-order valence-corrected chi connectivity index (χ3v) is 1.84. The molecular formula is C7H15NO. The van der Waals surface area contributed by atoms with Crippen LogP contribution in [-0.2, 0) is 4.74 Å². The second kappa shape index (κ2) is 2.67. The summed E-state index contributed by atoms with van der Waals surface area (Å²) in [6.45, 7) is 3.67. The Hall–Kier alpha value is -0.0800. The first kappa shape index (κ1) is 7.03. The summed E-state index contributed by atoms with van der Waals surface area (Å²) in [7, 11) is 0. The maximum atomic E-state index is 5.81. The van der Waals surface area contributed by atoms with E-state index in [1.165, 1.54) is 12.8 Å². The Bertz CT molecular complexity index is 88.9. The van der Waals surface area contributed by atoms with Gasteiger partial charge in [0.2, 0.25) is 0 Å². The largest absolute Gasteiger partial charge is 0.382 e. The molecule has 0 heterocycles. The van der Waals surface area contributed by atoms with Crippen LogP contribution in [-0.4, -0.2) is 18.8 Å². The molecule has 2 N–H and O–H groups in total. The Morgan fingerprint density at radius 1 is 1.56 bits per heavy atom. The quantitative estimate of drug-likeness (QED) is 0.572. The molecule has 0 aliphatic heterocycles. The molecule has 1 saturated carbocycles. The molecule has 9 heavy (non-hydrogen) atoms. The van der Waals surface area contributed by atoms with E-state index >= 15 is 0 Å².